The van der Waals surface area contributed by atoms with Crippen LogP contribution in [0.3, 0.4) is 0 Å². The molecular weight excluding hydrogens is 420 g/mol. The van der Waals surface area contributed by atoms with E-state index in [0.29, 0.717) is 18.0 Å². The van der Waals surface area contributed by atoms with E-state index in [-0.39, 0.29) is 17.0 Å². The van der Waals surface area contributed by atoms with Crippen molar-refractivity contribution in [1.29, 1.82) is 5.26 Å². The van der Waals surface area contributed by atoms with Gasteiger partial charge in [0.15, 0.2) is 0 Å². The third-order valence-electron chi connectivity index (χ3n) is 7.55. The maximum absolute atomic E-state index is 10.5. The number of benzene rings is 2. The highest BCUT2D eigenvalue weighted by Gasteiger charge is 2.52. The number of nitriles is 1. The Labute approximate surface area is 186 Å². The Hall–Kier alpha value is -1.89. The fourth-order valence-corrected chi connectivity index (χ4v) is 6.05. The molecule has 2 nitrogen and oxygen atoms in total. The number of fused-ring (bicyclic) bond motifs is 2. The zero-order chi connectivity index (χ0) is 19.6. The summed E-state index contributed by atoms with van der Waals surface area (Å²) in [6, 6.07) is 25.0. The third kappa shape index (κ3) is 3.81. The Balaban J connectivity index is 0.00000240. The Morgan fingerprint density at radius 1 is 1.00 bits per heavy atom. The summed E-state index contributed by atoms with van der Waals surface area (Å²) >= 11 is 0. The summed E-state index contributed by atoms with van der Waals surface area (Å²) < 4.78 is 1.16. The van der Waals surface area contributed by atoms with Gasteiger partial charge in [0.05, 0.1) is 31.7 Å². The molecule has 2 fully saturated rings. The average Bonchev–Trinajstić information content (AvgIpc) is 2.90. The Morgan fingerprint density at radius 3 is 1.90 bits per heavy atom. The number of quaternary nitrogens is 1. The smallest absolute Gasteiger partial charge is 0.107 e. The number of piperidine rings is 1. The predicted molar refractivity (Wildman–Crippen MR) is 115 cm³/mol. The van der Waals surface area contributed by atoms with E-state index in [2.05, 4.69) is 74.3 Å². The van der Waals surface area contributed by atoms with Gasteiger partial charge in [-0.3, -0.25) is 0 Å². The van der Waals surface area contributed by atoms with Gasteiger partial charge in [0.1, 0.15) is 5.41 Å². The number of hydrogen-bond acceptors (Lipinski definition) is 1. The molecule has 2 aromatic carbocycles. The van der Waals surface area contributed by atoms with Crippen LogP contribution >= 0.6 is 0 Å². The van der Waals surface area contributed by atoms with Crippen LogP contribution in [0.25, 0.3) is 0 Å². The number of nitrogens with zero attached hydrogens (tertiary/aromatic N) is 2. The first-order valence-corrected chi connectivity index (χ1v) is 10.6. The lowest BCUT2D eigenvalue weighted by Crippen LogP contribution is -3.00. The molecule has 2 unspecified atom stereocenters. The molecule has 2 atom stereocenters. The summed E-state index contributed by atoms with van der Waals surface area (Å²) in [5, 5.41) is 10.5. The second kappa shape index (κ2) is 8.86. The molecule has 2 saturated heterocycles. The molecule has 0 N–H and O–H groups in total. The summed E-state index contributed by atoms with van der Waals surface area (Å²) in [6.45, 7) is 5.08. The van der Waals surface area contributed by atoms with E-state index in [1.165, 1.54) is 25.7 Å². The van der Waals surface area contributed by atoms with E-state index in [4.69, 9.17) is 0 Å². The van der Waals surface area contributed by atoms with Gasteiger partial charge in [-0.05, 0) is 29.5 Å². The largest absolute Gasteiger partial charge is 1.00 e. The first-order valence-electron chi connectivity index (χ1n) is 10.6. The van der Waals surface area contributed by atoms with Crippen molar-refractivity contribution in [3.63, 3.8) is 0 Å². The van der Waals surface area contributed by atoms with Crippen LogP contribution < -0.4 is 17.0 Å². The fraction of sp³-hybridized carbons (Fsp3) is 0.423. The van der Waals surface area contributed by atoms with E-state index in [1.807, 2.05) is 12.1 Å². The zero-order valence-corrected chi connectivity index (χ0v) is 18.9. The lowest BCUT2D eigenvalue weighted by Gasteiger charge is -2.48. The molecule has 29 heavy (non-hydrogen) atoms. The van der Waals surface area contributed by atoms with E-state index in [9.17, 15) is 5.26 Å². The quantitative estimate of drug-likeness (QED) is 0.489. The average molecular weight is 451 g/mol. The van der Waals surface area contributed by atoms with Crippen LogP contribution in [0.1, 0.15) is 43.2 Å². The molecule has 0 spiro atoms. The Morgan fingerprint density at radius 2 is 1.48 bits per heavy atom. The second-order valence-electron chi connectivity index (χ2n) is 8.99. The first-order chi connectivity index (χ1) is 13.6. The van der Waals surface area contributed by atoms with Gasteiger partial charge in [-0.15, -0.1) is 0 Å². The highest BCUT2D eigenvalue weighted by molar-refractivity contribution is 5.45. The molecule has 0 aromatic heterocycles. The minimum atomic E-state index is -0.564. The number of hydrogen-bond donors (Lipinski definition) is 0. The summed E-state index contributed by atoms with van der Waals surface area (Å²) in [4.78, 5) is 0. The van der Waals surface area contributed by atoms with Crippen LogP contribution in [0, 0.1) is 17.2 Å². The Kier molecular flexibility index (Phi) is 6.66. The molecule has 2 bridgehead atoms. The molecule has 0 amide bonds. The normalized spacial score (nSPS) is 28.2. The van der Waals surface area contributed by atoms with Crippen molar-refractivity contribution in [2.24, 2.45) is 5.92 Å². The van der Waals surface area contributed by atoms with Crippen molar-refractivity contribution in [2.45, 2.75) is 49.6 Å². The number of halogens is 1. The highest BCUT2D eigenvalue weighted by Crippen LogP contribution is 2.48. The van der Waals surface area contributed by atoms with Crippen molar-refractivity contribution in [2.75, 3.05) is 13.6 Å². The minimum absolute atomic E-state index is 0. The van der Waals surface area contributed by atoms with Gasteiger partial charge >= 0.3 is 0 Å². The third-order valence-corrected chi connectivity index (χ3v) is 7.55. The van der Waals surface area contributed by atoms with Crippen LogP contribution in [0.15, 0.2) is 73.3 Å². The summed E-state index contributed by atoms with van der Waals surface area (Å²) in [7, 11) is 2.42. The van der Waals surface area contributed by atoms with Crippen molar-refractivity contribution < 1.29 is 21.5 Å². The van der Waals surface area contributed by atoms with Crippen LogP contribution in [0.5, 0.6) is 0 Å². The predicted octanol–water partition coefficient (Wildman–Crippen LogP) is 2.46. The molecule has 2 aliphatic rings. The number of rotatable bonds is 6. The summed E-state index contributed by atoms with van der Waals surface area (Å²) in [6.07, 6.45) is 8.11. The lowest BCUT2D eigenvalue weighted by molar-refractivity contribution is -0.944. The van der Waals surface area contributed by atoms with Crippen LogP contribution in [0.2, 0.25) is 0 Å². The van der Waals surface area contributed by atoms with Gasteiger partial charge in [0, 0.05) is 25.7 Å². The molecule has 4 rings (SSSR count). The standard InChI is InChI=1S/C26H31N2.BrH/c1-3-16-28(2)24-14-15-25(28)18-21(17-24)19-26(20-27,22-10-6-4-7-11-22)23-12-8-5-9-13-23;/h3-13,21,24-25H,1,14-19H2,2H3;1H/q+1;/p-1. The van der Waals surface area contributed by atoms with Gasteiger partial charge in [-0.2, -0.15) is 5.26 Å². The molecule has 2 aromatic rings. The van der Waals surface area contributed by atoms with Crippen molar-refractivity contribution in [1.82, 2.24) is 0 Å². The maximum Gasteiger partial charge on any atom is 0.107 e. The van der Waals surface area contributed by atoms with E-state index in [1.54, 1.807) is 0 Å². The highest BCUT2D eigenvalue weighted by atomic mass is 79.9. The zero-order valence-electron chi connectivity index (χ0n) is 17.3. The molecule has 2 aliphatic heterocycles. The van der Waals surface area contributed by atoms with Crippen molar-refractivity contribution in [3.8, 4) is 6.07 Å². The van der Waals surface area contributed by atoms with Crippen LogP contribution in [-0.2, 0) is 5.41 Å². The maximum atomic E-state index is 10.5. The minimum Gasteiger partial charge on any atom is -1.00 e. The van der Waals surface area contributed by atoms with Gasteiger partial charge in [0.25, 0.3) is 0 Å². The summed E-state index contributed by atoms with van der Waals surface area (Å²) in [5.74, 6) is 0.591. The van der Waals surface area contributed by atoms with Gasteiger partial charge in [0.2, 0.25) is 0 Å². The van der Waals surface area contributed by atoms with Crippen molar-refractivity contribution >= 4 is 0 Å². The summed E-state index contributed by atoms with van der Waals surface area (Å²) in [5.41, 5.74) is 1.70. The van der Waals surface area contributed by atoms with E-state index >= 15 is 0 Å². The molecule has 152 valence electrons. The second-order valence-corrected chi connectivity index (χ2v) is 8.99. The Bertz CT molecular complexity index is 802. The molecular formula is C26H31BrN2. The van der Waals surface area contributed by atoms with E-state index in [0.717, 1.165) is 28.6 Å². The molecule has 0 saturated carbocycles. The monoisotopic (exact) mass is 450 g/mol. The fourth-order valence-electron chi connectivity index (χ4n) is 6.05. The first kappa shape index (κ1) is 21.8. The number of likely N-dealkylation sites (N-methyl/N-ethyl adjacent to an activating group) is 1. The van der Waals surface area contributed by atoms with Crippen LogP contribution in [0.4, 0.5) is 0 Å². The van der Waals surface area contributed by atoms with Gasteiger partial charge in [-0.25, -0.2) is 0 Å². The van der Waals surface area contributed by atoms with Crippen molar-refractivity contribution in [3.05, 3.63) is 84.4 Å². The molecule has 3 heteroatoms. The molecule has 0 aliphatic carbocycles. The lowest BCUT2D eigenvalue weighted by atomic mass is 9.67. The van der Waals surface area contributed by atoms with E-state index < -0.39 is 5.41 Å². The molecule has 2 heterocycles. The topological polar surface area (TPSA) is 23.8 Å². The van der Waals surface area contributed by atoms with Gasteiger partial charge in [-0.1, -0.05) is 67.2 Å². The SMILES string of the molecule is C=CC[N+]1(C)C2CCC1CC(CC(C#N)(c1ccccc1)c1ccccc1)C2.[Br-]. The van der Waals surface area contributed by atoms with Gasteiger partial charge < -0.3 is 21.5 Å². The molecule has 0 radical (unpaired) electrons. The van der Waals surface area contributed by atoms with Crippen LogP contribution in [-0.4, -0.2) is 30.2 Å².